The van der Waals surface area contributed by atoms with Gasteiger partial charge in [0.15, 0.2) is 0 Å². The molecule has 0 bridgehead atoms. The van der Waals surface area contributed by atoms with Crippen molar-refractivity contribution >= 4 is 6.21 Å². The number of allylic oxidation sites excluding steroid dienone is 1. The second kappa shape index (κ2) is 10.7. The van der Waals surface area contributed by atoms with Crippen molar-refractivity contribution in [3.63, 3.8) is 0 Å². The van der Waals surface area contributed by atoms with E-state index in [-0.39, 0.29) is 0 Å². The second-order valence-electron chi connectivity index (χ2n) is 5.35. The first kappa shape index (κ1) is 19.0. The highest BCUT2D eigenvalue weighted by Crippen LogP contribution is 2.28. The lowest BCUT2D eigenvalue weighted by atomic mass is 10.1. The van der Waals surface area contributed by atoms with E-state index in [1.165, 1.54) is 7.11 Å². The zero-order chi connectivity index (χ0) is 17.1. The van der Waals surface area contributed by atoms with E-state index in [0.29, 0.717) is 13.2 Å². The molecule has 0 heterocycles. The van der Waals surface area contributed by atoms with Crippen LogP contribution in [0.2, 0.25) is 0 Å². The highest BCUT2D eigenvalue weighted by Gasteiger charge is 2.08. The average molecular weight is 320 g/mol. The van der Waals surface area contributed by atoms with Crippen molar-refractivity contribution in [1.29, 1.82) is 0 Å². The van der Waals surface area contributed by atoms with Gasteiger partial charge < -0.3 is 14.3 Å². The van der Waals surface area contributed by atoms with Crippen molar-refractivity contribution < 1.29 is 14.3 Å². The van der Waals surface area contributed by atoms with Crippen molar-refractivity contribution in [1.82, 2.24) is 4.90 Å². The fourth-order valence-corrected chi connectivity index (χ4v) is 2.10. The van der Waals surface area contributed by atoms with E-state index in [0.717, 1.165) is 35.7 Å². The molecule has 0 amide bonds. The molecule has 0 aliphatic rings. The number of hydrogen-bond donors (Lipinski definition) is 0. The molecule has 0 radical (unpaired) electrons. The minimum absolute atomic E-state index is 0.587. The molecule has 1 aromatic carbocycles. The lowest BCUT2D eigenvalue weighted by molar-refractivity contribution is 0.211. The summed E-state index contributed by atoms with van der Waals surface area (Å²) in [5.74, 6) is 1.81. The van der Waals surface area contributed by atoms with Crippen LogP contribution in [0.5, 0.6) is 11.5 Å². The van der Waals surface area contributed by atoms with E-state index in [1.807, 2.05) is 52.1 Å². The number of nitrogens with zero attached hydrogens (tertiary/aromatic N) is 2. The Morgan fingerprint density at radius 3 is 2.48 bits per heavy atom. The number of hydrogen-bond acceptors (Lipinski definition) is 5. The molecule has 0 N–H and O–H groups in total. The lowest BCUT2D eigenvalue weighted by Crippen LogP contribution is -2.26. The van der Waals surface area contributed by atoms with E-state index in [2.05, 4.69) is 14.9 Å². The van der Waals surface area contributed by atoms with Gasteiger partial charge in [0.2, 0.25) is 0 Å². The summed E-state index contributed by atoms with van der Waals surface area (Å²) in [7, 11) is 3.56. The molecule has 1 rings (SSSR count). The van der Waals surface area contributed by atoms with Gasteiger partial charge in [-0.1, -0.05) is 17.3 Å². The summed E-state index contributed by atoms with van der Waals surface area (Å²) in [6.45, 7) is 8.82. The summed E-state index contributed by atoms with van der Waals surface area (Å²) < 4.78 is 11.6. The van der Waals surface area contributed by atoms with Crippen LogP contribution in [-0.4, -0.2) is 51.6 Å². The van der Waals surface area contributed by atoms with Gasteiger partial charge in [0.25, 0.3) is 0 Å². The summed E-state index contributed by atoms with van der Waals surface area (Å²) in [4.78, 5) is 6.75. The molecule has 0 aliphatic heterocycles. The van der Waals surface area contributed by atoms with Crippen LogP contribution < -0.4 is 9.47 Å². The van der Waals surface area contributed by atoms with Gasteiger partial charge in [-0.15, -0.1) is 0 Å². The molecule has 23 heavy (non-hydrogen) atoms. The van der Waals surface area contributed by atoms with Crippen LogP contribution in [0.3, 0.4) is 0 Å². The second-order valence-corrected chi connectivity index (χ2v) is 5.35. The fraction of sp³-hybridized carbons (Fsp3) is 0.500. The highest BCUT2D eigenvalue weighted by molar-refractivity contribution is 5.58. The number of aryl methyl sites for hydroxylation is 2. The van der Waals surface area contributed by atoms with Crippen LogP contribution in [0.4, 0.5) is 0 Å². The third kappa shape index (κ3) is 7.19. The molecule has 0 unspecified atom stereocenters. The number of ether oxygens (including phenoxy) is 2. The predicted molar refractivity (Wildman–Crippen MR) is 94.7 cm³/mol. The van der Waals surface area contributed by atoms with Gasteiger partial charge in [-0.2, -0.15) is 0 Å². The highest BCUT2D eigenvalue weighted by atomic mass is 16.6. The van der Waals surface area contributed by atoms with Gasteiger partial charge in [-0.05, 0) is 51.1 Å². The number of benzene rings is 1. The van der Waals surface area contributed by atoms with Crippen molar-refractivity contribution in [2.45, 2.75) is 20.8 Å². The summed E-state index contributed by atoms with van der Waals surface area (Å²) in [6, 6.07) is 4.03. The van der Waals surface area contributed by atoms with Crippen LogP contribution >= 0.6 is 0 Å². The average Bonchev–Trinajstić information content (AvgIpc) is 2.50. The van der Waals surface area contributed by atoms with Gasteiger partial charge in [0, 0.05) is 13.1 Å². The largest absolute Gasteiger partial charge is 0.492 e. The monoisotopic (exact) mass is 320 g/mol. The molecular formula is C18H28N2O3. The third-order valence-corrected chi connectivity index (χ3v) is 3.31. The number of oxime groups is 1. The van der Waals surface area contributed by atoms with Crippen LogP contribution in [0, 0.1) is 13.8 Å². The maximum atomic E-state index is 5.94. The number of likely N-dealkylation sites (N-methyl/N-ethyl adjacent to an activating group) is 1. The van der Waals surface area contributed by atoms with Crippen molar-refractivity contribution in [3.05, 3.63) is 35.4 Å². The normalized spacial score (nSPS) is 11.6. The molecule has 1 aromatic rings. The van der Waals surface area contributed by atoms with Crippen LogP contribution in [0.1, 0.15) is 18.1 Å². The minimum atomic E-state index is 0.587. The zero-order valence-corrected chi connectivity index (χ0v) is 14.8. The first-order chi connectivity index (χ1) is 11.1. The van der Waals surface area contributed by atoms with E-state index >= 15 is 0 Å². The van der Waals surface area contributed by atoms with Gasteiger partial charge in [-0.25, -0.2) is 0 Å². The van der Waals surface area contributed by atoms with E-state index in [9.17, 15) is 0 Å². The predicted octanol–water partition coefficient (Wildman–Crippen LogP) is 3.20. The molecule has 0 saturated heterocycles. The first-order valence-corrected chi connectivity index (χ1v) is 7.80. The van der Waals surface area contributed by atoms with Gasteiger partial charge >= 0.3 is 0 Å². The Labute approximate surface area is 139 Å². The van der Waals surface area contributed by atoms with Gasteiger partial charge in [0.1, 0.15) is 31.8 Å². The van der Waals surface area contributed by atoms with Crippen molar-refractivity contribution in [2.24, 2.45) is 5.16 Å². The minimum Gasteiger partial charge on any atom is -0.492 e. The standard InChI is InChI=1S/C18H28N2O3/c1-6-7-11-22-17-13-15(2)18(16(3)14-17)23-12-10-20(4)9-8-19-21-5/h6-8,13-14H,9-12H2,1-5H3/b7-6+,19-8+. The molecule has 0 spiro atoms. The van der Waals surface area contributed by atoms with E-state index in [4.69, 9.17) is 9.47 Å². The molecule has 0 saturated carbocycles. The molecular weight excluding hydrogens is 292 g/mol. The van der Waals surface area contributed by atoms with Crippen LogP contribution in [-0.2, 0) is 4.84 Å². The molecule has 0 aliphatic carbocycles. The summed E-state index contributed by atoms with van der Waals surface area (Å²) in [6.07, 6.45) is 5.69. The Morgan fingerprint density at radius 2 is 1.87 bits per heavy atom. The Bertz CT molecular complexity index is 504. The Hall–Kier alpha value is -2.01. The Morgan fingerprint density at radius 1 is 1.17 bits per heavy atom. The fourth-order valence-electron chi connectivity index (χ4n) is 2.10. The Kier molecular flexibility index (Phi) is 8.83. The van der Waals surface area contributed by atoms with Crippen molar-refractivity contribution in [3.8, 4) is 11.5 Å². The lowest BCUT2D eigenvalue weighted by Gasteiger charge is -2.17. The first-order valence-electron chi connectivity index (χ1n) is 7.80. The molecule has 0 atom stereocenters. The van der Waals surface area contributed by atoms with E-state index < -0.39 is 0 Å². The zero-order valence-electron chi connectivity index (χ0n) is 14.8. The topological polar surface area (TPSA) is 43.3 Å². The molecule has 128 valence electrons. The summed E-state index contributed by atoms with van der Waals surface area (Å²) in [5.41, 5.74) is 2.17. The van der Waals surface area contributed by atoms with Gasteiger partial charge in [-0.3, -0.25) is 4.90 Å². The van der Waals surface area contributed by atoms with Crippen LogP contribution in [0.15, 0.2) is 29.4 Å². The van der Waals surface area contributed by atoms with Crippen molar-refractivity contribution in [2.75, 3.05) is 40.5 Å². The summed E-state index contributed by atoms with van der Waals surface area (Å²) in [5, 5.41) is 3.72. The SMILES string of the molecule is C/C=C/COc1cc(C)c(OCCN(C)C/C=N/OC)c(C)c1. The molecule has 5 nitrogen and oxygen atoms in total. The van der Waals surface area contributed by atoms with Gasteiger partial charge in [0.05, 0.1) is 6.21 Å². The maximum Gasteiger partial charge on any atom is 0.125 e. The van der Waals surface area contributed by atoms with E-state index in [1.54, 1.807) is 6.21 Å². The number of rotatable bonds is 10. The maximum absolute atomic E-state index is 5.94. The molecule has 0 fully saturated rings. The third-order valence-electron chi connectivity index (χ3n) is 3.31. The quantitative estimate of drug-likeness (QED) is 0.377. The summed E-state index contributed by atoms with van der Waals surface area (Å²) >= 11 is 0. The van der Waals surface area contributed by atoms with Crippen LogP contribution in [0.25, 0.3) is 0 Å². The molecule has 0 aromatic heterocycles. The molecule has 5 heteroatoms. The smallest absolute Gasteiger partial charge is 0.125 e. The Balaban J connectivity index is 2.52.